The molecule has 1 unspecified atom stereocenters. The third-order valence-electron chi connectivity index (χ3n) is 1.63. The maximum Gasteiger partial charge on any atom is 0.139 e. The number of aryl methyl sites for hydroxylation is 1. The second-order valence-electron chi connectivity index (χ2n) is 4.02. The lowest BCUT2D eigenvalue weighted by Gasteiger charge is -2.17. The highest BCUT2D eigenvalue weighted by molar-refractivity contribution is 7.84. The minimum atomic E-state index is -0.977. The molecule has 0 bridgehead atoms. The minimum Gasteiger partial charge on any atom is -0.325 e. The Morgan fingerprint density at radius 1 is 1.64 bits per heavy atom. The first-order valence-electron chi connectivity index (χ1n) is 4.35. The van der Waals surface area contributed by atoms with E-state index < -0.39 is 16.3 Å². The summed E-state index contributed by atoms with van der Waals surface area (Å²) in [6.07, 6.45) is 1.46. The maximum absolute atomic E-state index is 11.6. The lowest BCUT2D eigenvalue weighted by Crippen LogP contribution is -2.38. The Balaban J connectivity index is 2.54. The van der Waals surface area contributed by atoms with E-state index >= 15 is 0 Å². The van der Waals surface area contributed by atoms with Gasteiger partial charge in [0.1, 0.15) is 12.2 Å². The number of rotatable bonds is 4. The molecule has 0 aromatic carbocycles. The predicted octanol–water partition coefficient (Wildman–Crippen LogP) is -0.199. The Bertz CT molecular complexity index is 328. The topological polar surface area (TPSA) is 73.8 Å². The fourth-order valence-corrected chi connectivity index (χ4v) is 2.54. The largest absolute Gasteiger partial charge is 0.325 e. The van der Waals surface area contributed by atoms with Gasteiger partial charge < -0.3 is 5.73 Å². The first kappa shape index (κ1) is 11.3. The molecule has 1 aromatic heterocycles. The van der Waals surface area contributed by atoms with E-state index in [2.05, 4.69) is 10.1 Å². The summed E-state index contributed by atoms with van der Waals surface area (Å²) >= 11 is 0. The van der Waals surface area contributed by atoms with Crippen LogP contribution in [0.5, 0.6) is 0 Å². The van der Waals surface area contributed by atoms with Gasteiger partial charge in [0.2, 0.25) is 0 Å². The summed E-state index contributed by atoms with van der Waals surface area (Å²) < 4.78 is 13.3. The molecule has 1 aromatic rings. The summed E-state index contributed by atoms with van der Waals surface area (Å²) in [6, 6.07) is 0. The maximum atomic E-state index is 11.6. The second-order valence-corrected chi connectivity index (χ2v) is 5.47. The molecule has 0 saturated carbocycles. The molecule has 1 rings (SSSR count). The summed E-state index contributed by atoms with van der Waals surface area (Å²) in [5.41, 5.74) is 5.37. The van der Waals surface area contributed by atoms with E-state index in [1.54, 1.807) is 11.7 Å². The Labute approximate surface area is 86.2 Å². The van der Waals surface area contributed by atoms with Crippen molar-refractivity contribution in [2.75, 3.05) is 5.75 Å². The molecule has 0 saturated heterocycles. The molecule has 0 fully saturated rings. The molecule has 0 radical (unpaired) electrons. The Hall–Kier alpha value is -0.750. The lowest BCUT2D eigenvalue weighted by atomic mass is 10.1. The molecule has 0 amide bonds. The molecule has 1 heterocycles. The van der Waals surface area contributed by atoms with Crippen molar-refractivity contribution < 1.29 is 4.21 Å². The van der Waals surface area contributed by atoms with Gasteiger partial charge in [0, 0.05) is 29.1 Å². The summed E-state index contributed by atoms with van der Waals surface area (Å²) in [5.74, 6) is 1.62. The van der Waals surface area contributed by atoms with Crippen LogP contribution in [0.2, 0.25) is 0 Å². The van der Waals surface area contributed by atoms with Gasteiger partial charge in [0.15, 0.2) is 0 Å². The standard InChI is InChI=1S/C8H16N4OS/c1-8(2,9)5-14(13)4-7-10-6-11-12(7)3/h6H,4-5,9H2,1-3H3. The number of hydrogen-bond acceptors (Lipinski definition) is 4. The van der Waals surface area contributed by atoms with Gasteiger partial charge in [0.05, 0.1) is 5.75 Å². The first-order chi connectivity index (χ1) is 6.38. The highest BCUT2D eigenvalue weighted by Crippen LogP contribution is 2.04. The van der Waals surface area contributed by atoms with Crippen molar-refractivity contribution >= 4 is 10.8 Å². The summed E-state index contributed by atoms with van der Waals surface area (Å²) in [5, 5.41) is 3.91. The Morgan fingerprint density at radius 3 is 2.71 bits per heavy atom. The van der Waals surface area contributed by atoms with Crippen molar-refractivity contribution in [2.45, 2.75) is 25.1 Å². The van der Waals surface area contributed by atoms with Gasteiger partial charge in [-0.15, -0.1) is 0 Å². The molecule has 80 valence electrons. The smallest absolute Gasteiger partial charge is 0.139 e. The van der Waals surface area contributed by atoms with E-state index in [1.807, 2.05) is 13.8 Å². The SMILES string of the molecule is Cn1ncnc1CS(=O)CC(C)(C)N. The van der Waals surface area contributed by atoms with Crippen molar-refractivity contribution in [1.29, 1.82) is 0 Å². The molecular weight excluding hydrogens is 200 g/mol. The summed E-state index contributed by atoms with van der Waals surface area (Å²) in [4.78, 5) is 4.00. The van der Waals surface area contributed by atoms with Crippen molar-refractivity contribution in [3.8, 4) is 0 Å². The highest BCUT2D eigenvalue weighted by Gasteiger charge is 2.16. The van der Waals surface area contributed by atoms with Crippen LogP contribution >= 0.6 is 0 Å². The minimum absolute atomic E-state index is 0.399. The second kappa shape index (κ2) is 4.18. The van der Waals surface area contributed by atoms with Crippen molar-refractivity contribution in [3.63, 3.8) is 0 Å². The zero-order valence-electron chi connectivity index (χ0n) is 8.73. The van der Waals surface area contributed by atoms with E-state index in [-0.39, 0.29) is 0 Å². The number of nitrogens with two attached hydrogens (primary N) is 1. The molecule has 0 aliphatic heterocycles. The molecule has 5 nitrogen and oxygen atoms in total. The molecule has 14 heavy (non-hydrogen) atoms. The molecule has 0 spiro atoms. The van der Waals surface area contributed by atoms with Gasteiger partial charge >= 0.3 is 0 Å². The Kier molecular flexibility index (Phi) is 3.38. The quantitative estimate of drug-likeness (QED) is 0.756. The van der Waals surface area contributed by atoms with Crippen LogP contribution in [-0.2, 0) is 23.6 Å². The van der Waals surface area contributed by atoms with E-state index in [9.17, 15) is 4.21 Å². The summed E-state index contributed by atoms with van der Waals surface area (Å²) in [7, 11) is 0.807. The Morgan fingerprint density at radius 2 is 2.29 bits per heavy atom. The normalized spacial score (nSPS) is 14.3. The van der Waals surface area contributed by atoms with Crippen LogP contribution in [0.25, 0.3) is 0 Å². The van der Waals surface area contributed by atoms with Gasteiger partial charge in [0.25, 0.3) is 0 Å². The van der Waals surface area contributed by atoms with Crippen LogP contribution in [-0.4, -0.2) is 30.3 Å². The van der Waals surface area contributed by atoms with E-state index in [0.29, 0.717) is 11.5 Å². The van der Waals surface area contributed by atoms with E-state index in [0.717, 1.165) is 5.82 Å². The molecule has 1 atom stereocenters. The van der Waals surface area contributed by atoms with Crippen LogP contribution in [0.4, 0.5) is 0 Å². The fraction of sp³-hybridized carbons (Fsp3) is 0.750. The van der Waals surface area contributed by atoms with Crippen LogP contribution in [0.3, 0.4) is 0 Å². The van der Waals surface area contributed by atoms with E-state index in [1.165, 1.54) is 6.33 Å². The van der Waals surface area contributed by atoms with Crippen molar-refractivity contribution in [3.05, 3.63) is 12.2 Å². The van der Waals surface area contributed by atoms with Gasteiger partial charge in [-0.25, -0.2) is 4.98 Å². The van der Waals surface area contributed by atoms with Crippen LogP contribution in [0.15, 0.2) is 6.33 Å². The summed E-state index contributed by atoms with van der Waals surface area (Å²) in [6.45, 7) is 3.73. The van der Waals surface area contributed by atoms with Gasteiger partial charge in [-0.05, 0) is 13.8 Å². The van der Waals surface area contributed by atoms with Gasteiger partial charge in [-0.2, -0.15) is 5.10 Å². The molecule has 2 N–H and O–H groups in total. The van der Waals surface area contributed by atoms with Crippen molar-refractivity contribution in [1.82, 2.24) is 14.8 Å². The average molecular weight is 216 g/mol. The number of aromatic nitrogens is 3. The third kappa shape index (κ3) is 3.55. The number of hydrogen-bond donors (Lipinski definition) is 1. The number of nitrogens with zero attached hydrogens (tertiary/aromatic N) is 3. The van der Waals surface area contributed by atoms with Gasteiger partial charge in [-0.3, -0.25) is 8.89 Å². The highest BCUT2D eigenvalue weighted by atomic mass is 32.2. The zero-order valence-corrected chi connectivity index (χ0v) is 9.54. The monoisotopic (exact) mass is 216 g/mol. The predicted molar refractivity (Wildman–Crippen MR) is 56.0 cm³/mol. The zero-order chi connectivity index (χ0) is 10.8. The molecule has 0 aliphatic carbocycles. The van der Waals surface area contributed by atoms with Crippen LogP contribution < -0.4 is 5.73 Å². The molecule has 0 aliphatic rings. The van der Waals surface area contributed by atoms with Crippen molar-refractivity contribution in [2.24, 2.45) is 12.8 Å². The van der Waals surface area contributed by atoms with Crippen LogP contribution in [0.1, 0.15) is 19.7 Å². The third-order valence-corrected chi connectivity index (χ3v) is 3.27. The lowest BCUT2D eigenvalue weighted by molar-refractivity contribution is 0.576. The van der Waals surface area contributed by atoms with Crippen LogP contribution in [0, 0.1) is 0 Å². The fourth-order valence-electron chi connectivity index (χ4n) is 1.06. The average Bonchev–Trinajstić information content (AvgIpc) is 2.32. The van der Waals surface area contributed by atoms with E-state index in [4.69, 9.17) is 5.73 Å². The first-order valence-corrected chi connectivity index (χ1v) is 5.84. The van der Waals surface area contributed by atoms with Gasteiger partial charge in [-0.1, -0.05) is 0 Å². The molecular formula is C8H16N4OS. The molecule has 6 heteroatoms.